The predicted molar refractivity (Wildman–Crippen MR) is 116 cm³/mol. The van der Waals surface area contributed by atoms with Gasteiger partial charge in [0.1, 0.15) is 22.7 Å². The van der Waals surface area contributed by atoms with Gasteiger partial charge in [-0.3, -0.25) is 9.59 Å². The number of hydrogen-bond acceptors (Lipinski definition) is 6. The average Bonchev–Trinajstić information content (AvgIpc) is 3.12. The molecule has 1 aromatic heterocycles. The van der Waals surface area contributed by atoms with Crippen molar-refractivity contribution in [3.63, 3.8) is 0 Å². The second kappa shape index (κ2) is 8.39. The Labute approximate surface area is 178 Å². The quantitative estimate of drug-likeness (QED) is 0.449. The van der Waals surface area contributed by atoms with Crippen LogP contribution in [0, 0.1) is 0 Å². The minimum Gasteiger partial charge on any atom is -0.508 e. The summed E-state index contributed by atoms with van der Waals surface area (Å²) in [6, 6.07) is 17.3. The first-order chi connectivity index (χ1) is 14.9. The highest BCUT2D eigenvalue weighted by atomic mass is 16.5. The number of benzene rings is 3. The number of carbonyl (C=O) groups is 2. The number of anilines is 1. The molecule has 1 heterocycles. The molecule has 2 N–H and O–H groups in total. The Morgan fingerprint density at radius 1 is 1.03 bits per heavy atom. The lowest BCUT2D eigenvalue weighted by molar-refractivity contribution is -0.152. The molecule has 4 rings (SSSR count). The zero-order valence-electron chi connectivity index (χ0n) is 17.0. The Kier molecular flexibility index (Phi) is 5.49. The van der Waals surface area contributed by atoms with Gasteiger partial charge in [-0.05, 0) is 36.8 Å². The van der Waals surface area contributed by atoms with E-state index in [4.69, 9.17) is 13.9 Å². The lowest BCUT2D eigenvalue weighted by Crippen LogP contribution is -2.30. The van der Waals surface area contributed by atoms with Crippen molar-refractivity contribution in [3.05, 3.63) is 66.2 Å². The smallest absolute Gasteiger partial charge is 0.311 e. The summed E-state index contributed by atoms with van der Waals surface area (Å²) >= 11 is 0. The van der Waals surface area contributed by atoms with Crippen molar-refractivity contribution < 1.29 is 28.6 Å². The van der Waals surface area contributed by atoms with Crippen LogP contribution in [0.25, 0.3) is 21.9 Å². The zero-order valence-corrected chi connectivity index (χ0v) is 17.0. The lowest BCUT2D eigenvalue weighted by atomic mass is 10.1. The summed E-state index contributed by atoms with van der Waals surface area (Å²) < 4.78 is 16.6. The fourth-order valence-electron chi connectivity index (χ4n) is 3.33. The summed E-state index contributed by atoms with van der Waals surface area (Å²) in [6.07, 6.45) is -1.02. The Bertz CT molecular complexity index is 1260. The van der Waals surface area contributed by atoms with E-state index in [2.05, 4.69) is 5.32 Å². The summed E-state index contributed by atoms with van der Waals surface area (Å²) in [5, 5.41) is 13.9. The van der Waals surface area contributed by atoms with Crippen LogP contribution in [-0.4, -0.2) is 30.2 Å². The van der Waals surface area contributed by atoms with Crippen molar-refractivity contribution in [2.45, 2.75) is 19.4 Å². The minimum atomic E-state index is -1.01. The molecule has 0 saturated heterocycles. The summed E-state index contributed by atoms with van der Waals surface area (Å²) in [6.45, 7) is 1.50. The third-order valence-corrected chi connectivity index (χ3v) is 4.92. The molecule has 7 nitrogen and oxygen atoms in total. The highest BCUT2D eigenvalue weighted by Gasteiger charge is 2.21. The predicted octanol–water partition coefficient (Wildman–Crippen LogP) is 4.41. The maximum atomic E-state index is 12.6. The van der Waals surface area contributed by atoms with Gasteiger partial charge < -0.3 is 24.3 Å². The molecular weight excluding hydrogens is 398 g/mol. The molecule has 1 amide bonds. The van der Waals surface area contributed by atoms with Gasteiger partial charge in [0, 0.05) is 16.8 Å². The van der Waals surface area contributed by atoms with E-state index < -0.39 is 18.0 Å². The molecule has 0 saturated carbocycles. The van der Waals surface area contributed by atoms with Crippen LogP contribution in [0.1, 0.15) is 12.5 Å². The van der Waals surface area contributed by atoms with Crippen molar-refractivity contribution in [2.24, 2.45) is 0 Å². The van der Waals surface area contributed by atoms with E-state index in [0.717, 1.165) is 16.4 Å². The van der Waals surface area contributed by atoms with Crippen molar-refractivity contribution in [1.29, 1.82) is 0 Å². The zero-order chi connectivity index (χ0) is 22.0. The van der Waals surface area contributed by atoms with E-state index in [1.54, 1.807) is 24.3 Å². The van der Waals surface area contributed by atoms with Crippen molar-refractivity contribution >= 4 is 39.5 Å². The number of furan rings is 1. The number of esters is 1. The van der Waals surface area contributed by atoms with Crippen LogP contribution in [0.4, 0.5) is 5.69 Å². The van der Waals surface area contributed by atoms with E-state index in [1.807, 2.05) is 24.3 Å². The molecule has 0 unspecified atom stereocenters. The molecule has 31 heavy (non-hydrogen) atoms. The van der Waals surface area contributed by atoms with Crippen LogP contribution < -0.4 is 10.1 Å². The van der Waals surface area contributed by atoms with Gasteiger partial charge in [0.05, 0.1) is 19.2 Å². The van der Waals surface area contributed by atoms with Gasteiger partial charge in [0.2, 0.25) is 0 Å². The van der Waals surface area contributed by atoms with E-state index in [0.29, 0.717) is 22.6 Å². The van der Waals surface area contributed by atoms with Crippen molar-refractivity contribution in [3.8, 4) is 11.5 Å². The summed E-state index contributed by atoms with van der Waals surface area (Å²) in [7, 11) is 1.51. The average molecular weight is 419 g/mol. The topological polar surface area (TPSA) is 98.0 Å². The van der Waals surface area contributed by atoms with Crippen LogP contribution in [0.5, 0.6) is 11.5 Å². The van der Waals surface area contributed by atoms with Gasteiger partial charge in [0.15, 0.2) is 6.10 Å². The molecule has 4 aromatic rings. The molecule has 3 aromatic carbocycles. The maximum Gasteiger partial charge on any atom is 0.311 e. The van der Waals surface area contributed by atoms with Crippen LogP contribution in [-0.2, 0) is 20.7 Å². The number of aromatic hydroxyl groups is 1. The minimum absolute atomic E-state index is 0.00777. The number of methoxy groups -OCH3 is 1. The fraction of sp³-hybridized carbons (Fsp3) is 0.167. The molecule has 0 radical (unpaired) electrons. The Hall–Kier alpha value is -4.00. The number of carbonyl (C=O) groups excluding carboxylic acids is 2. The van der Waals surface area contributed by atoms with E-state index in [1.165, 1.54) is 26.2 Å². The first-order valence-electron chi connectivity index (χ1n) is 9.72. The molecule has 0 bridgehead atoms. The van der Waals surface area contributed by atoms with Gasteiger partial charge in [-0.15, -0.1) is 0 Å². The molecule has 0 spiro atoms. The van der Waals surface area contributed by atoms with Crippen LogP contribution in [0.2, 0.25) is 0 Å². The van der Waals surface area contributed by atoms with Gasteiger partial charge in [-0.2, -0.15) is 0 Å². The fourth-order valence-corrected chi connectivity index (χ4v) is 3.33. The number of nitrogens with one attached hydrogen (secondary N) is 1. The number of hydrogen-bond donors (Lipinski definition) is 2. The molecule has 1 atom stereocenters. The maximum absolute atomic E-state index is 12.6. The van der Waals surface area contributed by atoms with Crippen LogP contribution >= 0.6 is 0 Å². The van der Waals surface area contributed by atoms with E-state index >= 15 is 0 Å². The SMILES string of the molecule is COc1cc2c(cc1NC(=O)[C@H](C)OC(=O)Cc1ccc(O)cc1)oc1ccccc12. The standard InChI is InChI=1S/C24H21NO6/c1-14(30-23(27)11-15-7-9-16(26)10-8-15)24(28)25-19-13-21-18(12-22(19)29-2)17-5-3-4-6-20(17)31-21/h3-10,12-14,26H,11H2,1-2H3,(H,25,28)/t14-/m0/s1. The third kappa shape index (κ3) is 4.30. The molecule has 0 aliphatic carbocycles. The highest BCUT2D eigenvalue weighted by Crippen LogP contribution is 2.36. The molecule has 0 aliphatic rings. The number of para-hydroxylation sites is 1. The summed E-state index contributed by atoms with van der Waals surface area (Å²) in [5.41, 5.74) is 2.43. The van der Waals surface area contributed by atoms with E-state index in [-0.39, 0.29) is 12.2 Å². The van der Waals surface area contributed by atoms with Crippen molar-refractivity contribution in [1.82, 2.24) is 0 Å². The Morgan fingerprint density at radius 2 is 1.77 bits per heavy atom. The summed E-state index contributed by atoms with van der Waals surface area (Å²) in [5.74, 6) is -0.462. The number of ether oxygens (including phenoxy) is 2. The highest BCUT2D eigenvalue weighted by molar-refractivity contribution is 6.08. The van der Waals surface area contributed by atoms with Gasteiger partial charge in [-0.25, -0.2) is 0 Å². The van der Waals surface area contributed by atoms with Gasteiger partial charge in [0.25, 0.3) is 5.91 Å². The Morgan fingerprint density at radius 3 is 2.52 bits per heavy atom. The van der Waals surface area contributed by atoms with E-state index in [9.17, 15) is 14.7 Å². The first-order valence-corrected chi connectivity index (χ1v) is 9.72. The summed E-state index contributed by atoms with van der Waals surface area (Å²) in [4.78, 5) is 24.8. The molecule has 0 fully saturated rings. The van der Waals surface area contributed by atoms with Crippen LogP contribution in [0.15, 0.2) is 65.1 Å². The molecule has 7 heteroatoms. The molecular formula is C24H21NO6. The number of fused-ring (bicyclic) bond motifs is 3. The Balaban J connectivity index is 1.48. The number of rotatable bonds is 6. The largest absolute Gasteiger partial charge is 0.508 e. The van der Waals surface area contributed by atoms with Gasteiger partial charge in [-0.1, -0.05) is 30.3 Å². The normalized spacial score (nSPS) is 11.9. The van der Waals surface area contributed by atoms with Gasteiger partial charge >= 0.3 is 5.97 Å². The third-order valence-electron chi connectivity index (χ3n) is 4.92. The second-order valence-electron chi connectivity index (χ2n) is 7.11. The van der Waals surface area contributed by atoms with Crippen molar-refractivity contribution in [2.75, 3.05) is 12.4 Å². The first kappa shape index (κ1) is 20.3. The number of phenolic OH excluding ortho intramolecular Hbond substituents is 1. The lowest BCUT2D eigenvalue weighted by Gasteiger charge is -2.15. The number of phenols is 1. The molecule has 0 aliphatic heterocycles. The molecule has 158 valence electrons. The second-order valence-corrected chi connectivity index (χ2v) is 7.11. The number of amides is 1. The van der Waals surface area contributed by atoms with Crippen LogP contribution in [0.3, 0.4) is 0 Å². The monoisotopic (exact) mass is 419 g/mol.